The Hall–Kier alpha value is -7.50. The maximum Gasteiger partial charge on any atom is 0.418 e. The summed E-state index contributed by atoms with van der Waals surface area (Å²) in [5, 5.41) is 13.7. The first-order valence-corrected chi connectivity index (χ1v) is 21.3. The molecular weight excluding hydrogens is 711 g/mol. The standard InChI is InChI=1S/C51H35N5Si/c1-4-20-37(21-5-1)57(38-22-6-2-7-23-38,39-24-8-3-9-25-39)40-26-18-19-36(35-40)49-52-50(55-45-31-14-10-27-41(45)42-28-11-15-32-46(42)55)54-51(53-49)56-47-33-16-12-29-43(47)44-30-13-17-34-48(44)56/h1-35H/p+1. The highest BCUT2D eigenvalue weighted by atomic mass is 28.3. The van der Waals surface area contributed by atoms with Crippen molar-refractivity contribution in [2.45, 2.75) is 0 Å². The van der Waals surface area contributed by atoms with Crippen LogP contribution in [-0.2, 0) is 0 Å². The molecule has 10 aromatic rings. The van der Waals surface area contributed by atoms with Crippen molar-refractivity contribution in [1.82, 2.24) is 19.1 Å². The second-order valence-electron chi connectivity index (χ2n) is 14.5. The van der Waals surface area contributed by atoms with E-state index in [1.165, 1.54) is 31.5 Å². The molecule has 8 aromatic carbocycles. The van der Waals surface area contributed by atoms with Gasteiger partial charge in [-0.25, -0.2) is 19.1 Å². The zero-order valence-electron chi connectivity index (χ0n) is 31.0. The largest absolute Gasteiger partial charge is 0.418 e. The molecule has 0 atom stereocenters. The predicted molar refractivity (Wildman–Crippen MR) is 242 cm³/mol. The molecule has 2 aromatic heterocycles. The number of fused-ring (bicyclic) bond motifs is 6. The summed E-state index contributed by atoms with van der Waals surface area (Å²) in [6.45, 7) is 0. The molecule has 1 aliphatic rings. The maximum absolute atomic E-state index is 5.46. The van der Waals surface area contributed by atoms with E-state index >= 15 is 0 Å². The number of para-hydroxylation sites is 4. The van der Waals surface area contributed by atoms with E-state index in [0.717, 1.165) is 44.2 Å². The van der Waals surface area contributed by atoms with Gasteiger partial charge in [-0.05, 0) is 57.1 Å². The maximum atomic E-state index is 5.46. The molecule has 11 rings (SSSR count). The third-order valence-corrected chi connectivity index (χ3v) is 16.2. The number of amidine groups is 1. The van der Waals surface area contributed by atoms with Crippen molar-refractivity contribution in [3.63, 3.8) is 0 Å². The molecule has 6 heteroatoms. The van der Waals surface area contributed by atoms with Crippen molar-refractivity contribution in [1.29, 1.82) is 0 Å². The number of aromatic nitrogens is 2. The highest BCUT2D eigenvalue weighted by Gasteiger charge is 2.42. The predicted octanol–water partition coefficient (Wildman–Crippen LogP) is 7.51. The molecule has 0 amide bonds. The van der Waals surface area contributed by atoms with Gasteiger partial charge in [0.15, 0.2) is 8.07 Å². The summed E-state index contributed by atoms with van der Waals surface area (Å²) in [6.07, 6.45) is 0. The van der Waals surface area contributed by atoms with E-state index in [9.17, 15) is 0 Å². The first-order chi connectivity index (χ1) is 28.3. The summed E-state index contributed by atoms with van der Waals surface area (Å²) in [7, 11) is -2.81. The van der Waals surface area contributed by atoms with Crippen LogP contribution in [0.15, 0.2) is 217 Å². The summed E-state index contributed by atoms with van der Waals surface area (Å²) < 4.78 is 9.88. The lowest BCUT2D eigenvalue weighted by Crippen LogP contribution is -2.74. The van der Waals surface area contributed by atoms with Crippen LogP contribution < -0.4 is 30.7 Å². The van der Waals surface area contributed by atoms with E-state index in [-0.39, 0.29) is 0 Å². The van der Waals surface area contributed by atoms with E-state index in [0.29, 0.717) is 11.9 Å². The van der Waals surface area contributed by atoms with Crippen LogP contribution in [0, 0.1) is 0 Å². The quantitative estimate of drug-likeness (QED) is 0.111. The fourth-order valence-electron chi connectivity index (χ4n) is 8.98. The number of hydrogen-bond acceptors (Lipinski definition) is 2. The Kier molecular flexibility index (Phi) is 7.71. The van der Waals surface area contributed by atoms with Crippen LogP contribution in [0.3, 0.4) is 0 Å². The molecular formula is C51H36N5Si+. The monoisotopic (exact) mass is 746 g/mol. The van der Waals surface area contributed by atoms with Crippen LogP contribution in [0.2, 0.25) is 0 Å². The van der Waals surface area contributed by atoms with Gasteiger partial charge in [-0.15, -0.1) is 0 Å². The van der Waals surface area contributed by atoms with Gasteiger partial charge < -0.3 is 0 Å². The third kappa shape index (κ3) is 5.16. The van der Waals surface area contributed by atoms with Crippen molar-refractivity contribution in [3.8, 4) is 0 Å². The zero-order valence-corrected chi connectivity index (χ0v) is 32.0. The summed E-state index contributed by atoms with van der Waals surface area (Å²) in [6, 6.07) is 76.4. The van der Waals surface area contributed by atoms with E-state index in [2.05, 4.69) is 227 Å². The molecule has 0 unspecified atom stereocenters. The average Bonchev–Trinajstić information content (AvgIpc) is 3.81. The van der Waals surface area contributed by atoms with Crippen LogP contribution in [0.1, 0.15) is 5.56 Å². The molecule has 0 bridgehead atoms. The number of hydrogen-bond donors (Lipinski definition) is 1. The second-order valence-corrected chi connectivity index (χ2v) is 18.3. The molecule has 1 aliphatic heterocycles. The molecule has 0 aliphatic carbocycles. The minimum Gasteiger partial charge on any atom is -0.239 e. The van der Waals surface area contributed by atoms with Crippen LogP contribution in [0.4, 0.5) is 0 Å². The molecule has 3 heterocycles. The van der Waals surface area contributed by atoms with Crippen molar-refractivity contribution in [2.75, 3.05) is 0 Å². The summed E-state index contributed by atoms with van der Waals surface area (Å²) in [5.41, 5.74) is 5.25. The van der Waals surface area contributed by atoms with Gasteiger partial charge in [-0.3, -0.25) is 0 Å². The molecule has 0 fully saturated rings. The Bertz CT molecular complexity index is 3040. The van der Waals surface area contributed by atoms with Gasteiger partial charge in [-0.1, -0.05) is 181 Å². The van der Waals surface area contributed by atoms with Crippen LogP contribution in [-0.4, -0.2) is 35.0 Å². The summed E-state index contributed by atoms with van der Waals surface area (Å²) in [5.74, 6) is 2.02. The lowest BCUT2D eigenvalue weighted by atomic mass is 10.2. The van der Waals surface area contributed by atoms with Gasteiger partial charge >= 0.3 is 11.9 Å². The van der Waals surface area contributed by atoms with E-state index in [1.807, 2.05) is 0 Å². The molecule has 0 spiro atoms. The van der Waals surface area contributed by atoms with Gasteiger partial charge in [0.2, 0.25) is 5.84 Å². The average molecular weight is 747 g/mol. The number of rotatable bonds is 5. The van der Waals surface area contributed by atoms with Crippen molar-refractivity contribution < 1.29 is 0 Å². The molecule has 57 heavy (non-hydrogen) atoms. The van der Waals surface area contributed by atoms with Gasteiger partial charge in [0.05, 0.1) is 22.1 Å². The normalized spacial score (nSPS) is 13.1. The minimum absolute atomic E-state index is 0.598. The molecule has 1 N–H and O–H groups in total. The van der Waals surface area contributed by atoms with Crippen LogP contribution in [0.25, 0.3) is 43.6 Å². The highest BCUT2D eigenvalue weighted by Crippen LogP contribution is 2.30. The van der Waals surface area contributed by atoms with Crippen molar-refractivity contribution in [2.24, 2.45) is 4.99 Å². The SMILES string of the molecule is c1ccc([Si](c2ccccc2)(c2ccccc2)c2cccc(C3=NC(n4c5ccccc5c5ccccc54)=[N+]=C(n4c5ccccc5c5ccccc54)N3)c2)cc1. The van der Waals surface area contributed by atoms with Gasteiger partial charge in [-0.2, -0.15) is 0 Å². The Morgan fingerprint density at radius 2 is 0.772 bits per heavy atom. The van der Waals surface area contributed by atoms with Gasteiger partial charge in [0, 0.05) is 27.1 Å². The molecule has 5 nitrogen and oxygen atoms in total. The molecule has 0 saturated carbocycles. The van der Waals surface area contributed by atoms with Gasteiger partial charge in [0.25, 0.3) is 0 Å². The lowest BCUT2D eigenvalue weighted by molar-refractivity contribution is 1.09. The fraction of sp³-hybridized carbons (Fsp3) is 0. The van der Waals surface area contributed by atoms with Crippen LogP contribution >= 0.6 is 0 Å². The third-order valence-electron chi connectivity index (χ3n) is 11.4. The van der Waals surface area contributed by atoms with Crippen molar-refractivity contribution >= 4 is 90.2 Å². The van der Waals surface area contributed by atoms with E-state index in [1.54, 1.807) is 0 Å². The second kappa shape index (κ2) is 13.4. The minimum atomic E-state index is -2.81. The number of benzene rings is 8. The van der Waals surface area contributed by atoms with Gasteiger partial charge in [0.1, 0.15) is 0 Å². The van der Waals surface area contributed by atoms with Crippen LogP contribution in [0.5, 0.6) is 0 Å². The Morgan fingerprint density at radius 1 is 0.386 bits per heavy atom. The smallest absolute Gasteiger partial charge is 0.239 e. The topological polar surface area (TPSA) is 48.4 Å². The number of nitrogens with one attached hydrogen (secondary N) is 1. The Morgan fingerprint density at radius 3 is 1.23 bits per heavy atom. The Balaban J connectivity index is 1.19. The molecule has 268 valence electrons. The summed E-state index contributed by atoms with van der Waals surface area (Å²) >= 11 is 0. The Labute approximate surface area is 330 Å². The highest BCUT2D eigenvalue weighted by molar-refractivity contribution is 7.19. The number of aliphatic imine (C=N–C) groups is 1. The summed E-state index contributed by atoms with van der Waals surface area (Å²) in [4.78, 5) is 5.46. The first-order valence-electron chi connectivity index (χ1n) is 19.3. The molecule has 0 radical (unpaired) electrons. The van der Waals surface area contributed by atoms with E-state index in [4.69, 9.17) is 9.66 Å². The zero-order chi connectivity index (χ0) is 37.8. The lowest BCUT2D eigenvalue weighted by Gasteiger charge is -2.34. The van der Waals surface area contributed by atoms with E-state index < -0.39 is 8.07 Å². The first kappa shape index (κ1) is 32.9. The number of nitrogens with zero attached hydrogens (tertiary/aromatic N) is 4. The fourth-order valence-corrected chi connectivity index (χ4v) is 13.8. The molecule has 0 saturated heterocycles. The van der Waals surface area contributed by atoms with Crippen molar-refractivity contribution in [3.05, 3.63) is 218 Å².